The van der Waals surface area contributed by atoms with Gasteiger partial charge in [-0.15, -0.1) is 0 Å². The number of esters is 1. The lowest BCUT2D eigenvalue weighted by Gasteiger charge is -2.18. The first-order valence-corrected chi connectivity index (χ1v) is 7.91. The number of carbonyl (C=O) groups excluding carboxylic acids is 1. The van der Waals surface area contributed by atoms with E-state index < -0.39 is 14.0 Å². The molecule has 1 aromatic carbocycles. The summed E-state index contributed by atoms with van der Waals surface area (Å²) in [6, 6.07) is 9.06. The fraction of sp³-hybridized carbons (Fsp3) is 0.462. The Bertz CT molecular complexity index is 406. The van der Waals surface area contributed by atoms with Gasteiger partial charge in [-0.25, -0.2) is 0 Å². The zero-order valence-electron chi connectivity index (χ0n) is 11.0. The van der Waals surface area contributed by atoms with Crippen molar-refractivity contribution in [3.8, 4) is 0 Å². The second-order valence-corrected chi connectivity index (χ2v) is 5.83. The number of nitrogens with one attached hydrogen (secondary N) is 1. The number of rotatable bonds is 6. The van der Waals surface area contributed by atoms with Crippen LogP contribution in [0, 0.1) is 0 Å². The highest BCUT2D eigenvalue weighted by Gasteiger charge is 2.21. The second-order valence-electron chi connectivity index (χ2n) is 4.43. The Morgan fingerprint density at radius 2 is 1.94 bits per heavy atom. The van der Waals surface area contributed by atoms with Crippen LogP contribution in [0.25, 0.3) is 0 Å². The molecule has 0 bridgehead atoms. The molecule has 18 heavy (non-hydrogen) atoms. The maximum Gasteiger partial charge on any atom is 0.324 e. The van der Waals surface area contributed by atoms with E-state index in [2.05, 4.69) is 5.09 Å². The normalized spacial score (nSPS) is 14.2. The van der Waals surface area contributed by atoms with E-state index in [0.717, 1.165) is 5.56 Å². The molecule has 2 atom stereocenters. The Morgan fingerprint density at radius 3 is 2.44 bits per heavy atom. The van der Waals surface area contributed by atoms with Crippen LogP contribution >= 0.6 is 7.95 Å². The standard InChI is InChI=1S/C13H20NO3P/c1-10(2)17-13(15)12(14-18(3)16)9-11-7-5-4-6-8-11/h4-8,10,12,18H,9H2,1-3H3,(H,14,16)/t12-/m0/s1. The van der Waals surface area contributed by atoms with Gasteiger partial charge in [-0.3, -0.25) is 9.88 Å². The molecule has 0 fully saturated rings. The highest BCUT2D eigenvalue weighted by molar-refractivity contribution is 7.41. The summed E-state index contributed by atoms with van der Waals surface area (Å²) >= 11 is 0. The van der Waals surface area contributed by atoms with Crippen LogP contribution in [0.1, 0.15) is 19.4 Å². The zero-order chi connectivity index (χ0) is 13.5. The van der Waals surface area contributed by atoms with E-state index in [4.69, 9.17) is 4.74 Å². The van der Waals surface area contributed by atoms with Crippen LogP contribution in [0.2, 0.25) is 0 Å². The molecule has 0 spiro atoms. The van der Waals surface area contributed by atoms with Gasteiger partial charge in [-0.2, -0.15) is 0 Å². The summed E-state index contributed by atoms with van der Waals surface area (Å²) in [5.74, 6) is -0.353. The molecule has 0 radical (unpaired) electrons. The van der Waals surface area contributed by atoms with E-state index in [1.807, 2.05) is 30.3 Å². The molecule has 100 valence electrons. The Labute approximate surface area is 109 Å². The van der Waals surface area contributed by atoms with E-state index in [9.17, 15) is 9.36 Å². The van der Waals surface area contributed by atoms with Crippen LogP contribution < -0.4 is 5.09 Å². The quantitative estimate of drug-likeness (QED) is 0.635. The van der Waals surface area contributed by atoms with Gasteiger partial charge in [0.25, 0.3) is 0 Å². The molecule has 5 heteroatoms. The van der Waals surface area contributed by atoms with Gasteiger partial charge in [0.2, 0.25) is 0 Å². The van der Waals surface area contributed by atoms with Gasteiger partial charge < -0.3 is 9.30 Å². The first kappa shape index (κ1) is 14.9. The van der Waals surface area contributed by atoms with Crippen molar-refractivity contribution in [1.82, 2.24) is 5.09 Å². The van der Waals surface area contributed by atoms with Crippen LogP contribution in [0.4, 0.5) is 0 Å². The molecule has 1 rings (SSSR count). The fourth-order valence-corrected chi connectivity index (χ4v) is 2.31. The molecule has 0 aliphatic rings. The Balaban J connectivity index is 2.72. The van der Waals surface area contributed by atoms with E-state index >= 15 is 0 Å². The summed E-state index contributed by atoms with van der Waals surface area (Å²) in [4.78, 5) is 11.9. The molecule has 0 saturated heterocycles. The van der Waals surface area contributed by atoms with Crippen LogP contribution in [-0.4, -0.2) is 24.8 Å². The minimum atomic E-state index is -1.93. The lowest BCUT2D eigenvalue weighted by Crippen LogP contribution is -2.37. The van der Waals surface area contributed by atoms with Crippen LogP contribution in [0.5, 0.6) is 0 Å². The molecule has 0 heterocycles. The minimum Gasteiger partial charge on any atom is -0.462 e. The zero-order valence-corrected chi connectivity index (χ0v) is 12.0. The third kappa shape index (κ3) is 5.48. The monoisotopic (exact) mass is 269 g/mol. The number of benzene rings is 1. The molecule has 1 N–H and O–H groups in total. The van der Waals surface area contributed by atoms with Crippen molar-refractivity contribution in [2.75, 3.05) is 6.66 Å². The van der Waals surface area contributed by atoms with Crippen molar-refractivity contribution in [1.29, 1.82) is 0 Å². The molecular formula is C13H20NO3P. The third-order valence-electron chi connectivity index (χ3n) is 2.30. The SMILES string of the molecule is CC(C)OC(=O)[C@H](Cc1ccccc1)N[PH](C)=O. The molecule has 0 saturated carbocycles. The fourth-order valence-electron chi connectivity index (χ4n) is 1.60. The summed E-state index contributed by atoms with van der Waals surface area (Å²) in [6.07, 6.45) is 0.313. The lowest BCUT2D eigenvalue weighted by molar-refractivity contribution is -0.149. The van der Waals surface area contributed by atoms with Gasteiger partial charge in [0.1, 0.15) is 14.0 Å². The molecule has 0 amide bonds. The van der Waals surface area contributed by atoms with Crippen molar-refractivity contribution in [2.45, 2.75) is 32.4 Å². The number of hydrogen-bond donors (Lipinski definition) is 1. The number of carbonyl (C=O) groups is 1. The minimum absolute atomic E-state index is 0.170. The largest absolute Gasteiger partial charge is 0.462 e. The Kier molecular flexibility index (Phi) is 6.10. The van der Waals surface area contributed by atoms with Crippen LogP contribution in [0.15, 0.2) is 30.3 Å². The molecule has 1 aromatic rings. The predicted molar refractivity (Wildman–Crippen MR) is 73.2 cm³/mol. The van der Waals surface area contributed by atoms with Crippen LogP contribution in [-0.2, 0) is 20.5 Å². The first-order chi connectivity index (χ1) is 8.49. The molecule has 1 unspecified atom stereocenters. The van der Waals surface area contributed by atoms with E-state index in [0.29, 0.717) is 6.42 Å². The van der Waals surface area contributed by atoms with Gasteiger partial charge in [0.05, 0.1) is 6.10 Å². The lowest BCUT2D eigenvalue weighted by atomic mass is 10.1. The number of hydrogen-bond acceptors (Lipinski definition) is 3. The average Bonchev–Trinajstić information content (AvgIpc) is 2.28. The third-order valence-corrected chi connectivity index (χ3v) is 3.05. The molecule has 0 aliphatic heterocycles. The molecule has 4 nitrogen and oxygen atoms in total. The smallest absolute Gasteiger partial charge is 0.324 e. The second kappa shape index (κ2) is 7.34. The highest BCUT2D eigenvalue weighted by Crippen LogP contribution is 2.13. The van der Waals surface area contributed by atoms with Gasteiger partial charge in [-0.1, -0.05) is 30.3 Å². The molecule has 0 aromatic heterocycles. The molecule has 0 aliphatic carbocycles. The first-order valence-electron chi connectivity index (χ1n) is 6.00. The van der Waals surface area contributed by atoms with E-state index in [1.165, 1.54) is 0 Å². The summed E-state index contributed by atoms with van der Waals surface area (Å²) in [5, 5.41) is 2.81. The van der Waals surface area contributed by atoms with Crippen molar-refractivity contribution < 1.29 is 14.1 Å². The maximum atomic E-state index is 11.9. The topological polar surface area (TPSA) is 55.4 Å². The van der Waals surface area contributed by atoms with Gasteiger partial charge in [0.15, 0.2) is 0 Å². The van der Waals surface area contributed by atoms with Gasteiger partial charge >= 0.3 is 5.97 Å². The van der Waals surface area contributed by atoms with Crippen molar-refractivity contribution >= 4 is 13.9 Å². The molecular weight excluding hydrogens is 249 g/mol. The highest BCUT2D eigenvalue weighted by atomic mass is 31.1. The summed E-state index contributed by atoms with van der Waals surface area (Å²) in [6.45, 7) is 5.17. The predicted octanol–water partition coefficient (Wildman–Crippen LogP) is 2.24. The summed E-state index contributed by atoms with van der Waals surface area (Å²) < 4.78 is 16.5. The average molecular weight is 269 g/mol. The maximum absolute atomic E-state index is 11.9. The van der Waals surface area contributed by atoms with Gasteiger partial charge in [0, 0.05) is 0 Å². The Hall–Kier alpha value is -1.12. The van der Waals surface area contributed by atoms with E-state index in [-0.39, 0.29) is 12.1 Å². The van der Waals surface area contributed by atoms with Crippen molar-refractivity contribution in [3.05, 3.63) is 35.9 Å². The van der Waals surface area contributed by atoms with Crippen molar-refractivity contribution in [2.24, 2.45) is 0 Å². The van der Waals surface area contributed by atoms with Gasteiger partial charge in [-0.05, 0) is 32.5 Å². The summed E-state index contributed by atoms with van der Waals surface area (Å²) in [5.41, 5.74) is 1.01. The number of ether oxygens (including phenoxy) is 1. The van der Waals surface area contributed by atoms with E-state index in [1.54, 1.807) is 20.5 Å². The summed E-state index contributed by atoms with van der Waals surface area (Å²) in [7, 11) is -1.93. The van der Waals surface area contributed by atoms with Crippen molar-refractivity contribution in [3.63, 3.8) is 0 Å². The van der Waals surface area contributed by atoms with Crippen LogP contribution in [0.3, 0.4) is 0 Å². The Morgan fingerprint density at radius 1 is 1.33 bits per heavy atom.